The predicted octanol–water partition coefficient (Wildman–Crippen LogP) is 0.867. The number of rotatable bonds is 5. The van der Waals surface area contributed by atoms with Gasteiger partial charge in [-0.2, -0.15) is 0 Å². The van der Waals surface area contributed by atoms with Gasteiger partial charge in [0.2, 0.25) is 5.91 Å². The summed E-state index contributed by atoms with van der Waals surface area (Å²) in [4.78, 5) is 26.6. The van der Waals surface area contributed by atoms with Crippen LogP contribution >= 0.6 is 12.4 Å². The third-order valence-electron chi connectivity index (χ3n) is 4.02. The molecule has 120 valence electrons. The van der Waals surface area contributed by atoms with Crippen LogP contribution in [0.4, 0.5) is 0 Å². The van der Waals surface area contributed by atoms with E-state index in [9.17, 15) is 9.59 Å². The van der Waals surface area contributed by atoms with E-state index >= 15 is 0 Å². The zero-order chi connectivity index (χ0) is 14.7. The van der Waals surface area contributed by atoms with Crippen LogP contribution < -0.4 is 16.3 Å². The highest BCUT2D eigenvalue weighted by atomic mass is 35.5. The first-order valence-corrected chi connectivity index (χ1v) is 7.39. The number of benzene rings is 1. The third-order valence-corrected chi connectivity index (χ3v) is 4.02. The minimum absolute atomic E-state index is 0. The SMILES string of the molecule is Cl.O=C(Cn1c(=O)[nH]c2ccccc21)NCCC1CCNC1. The Hall–Kier alpha value is -1.79. The van der Waals surface area contributed by atoms with Crippen molar-refractivity contribution in [2.75, 3.05) is 19.6 Å². The predicted molar refractivity (Wildman–Crippen MR) is 88.4 cm³/mol. The number of para-hydroxylation sites is 2. The summed E-state index contributed by atoms with van der Waals surface area (Å²) in [5, 5.41) is 6.21. The number of fused-ring (bicyclic) bond motifs is 1. The molecule has 1 fully saturated rings. The van der Waals surface area contributed by atoms with Gasteiger partial charge < -0.3 is 15.6 Å². The molecule has 1 aromatic carbocycles. The number of nitrogens with zero attached hydrogens (tertiary/aromatic N) is 1. The van der Waals surface area contributed by atoms with Gasteiger partial charge in [0.05, 0.1) is 11.0 Å². The van der Waals surface area contributed by atoms with E-state index in [1.54, 1.807) is 0 Å². The van der Waals surface area contributed by atoms with Gasteiger partial charge in [-0.25, -0.2) is 4.79 Å². The van der Waals surface area contributed by atoms with Gasteiger partial charge in [-0.15, -0.1) is 12.4 Å². The van der Waals surface area contributed by atoms with Crippen molar-refractivity contribution in [3.05, 3.63) is 34.7 Å². The largest absolute Gasteiger partial charge is 0.355 e. The monoisotopic (exact) mass is 324 g/mol. The van der Waals surface area contributed by atoms with Crippen molar-refractivity contribution in [1.29, 1.82) is 0 Å². The average Bonchev–Trinajstić information content (AvgIpc) is 3.08. The van der Waals surface area contributed by atoms with E-state index in [1.165, 1.54) is 11.0 Å². The van der Waals surface area contributed by atoms with Crippen molar-refractivity contribution in [2.24, 2.45) is 5.92 Å². The van der Waals surface area contributed by atoms with Crippen LogP contribution in [-0.4, -0.2) is 35.1 Å². The van der Waals surface area contributed by atoms with Crippen molar-refractivity contribution >= 4 is 29.3 Å². The van der Waals surface area contributed by atoms with Gasteiger partial charge in [0.1, 0.15) is 6.54 Å². The Labute approximate surface area is 134 Å². The fourth-order valence-corrected chi connectivity index (χ4v) is 2.84. The number of imidazole rings is 1. The third kappa shape index (κ3) is 3.69. The van der Waals surface area contributed by atoms with Crippen LogP contribution in [0.2, 0.25) is 0 Å². The Bertz CT molecular complexity index is 688. The maximum atomic E-state index is 12.0. The van der Waals surface area contributed by atoms with E-state index in [-0.39, 0.29) is 30.5 Å². The van der Waals surface area contributed by atoms with Crippen molar-refractivity contribution in [3.8, 4) is 0 Å². The van der Waals surface area contributed by atoms with Gasteiger partial charge in [0, 0.05) is 6.54 Å². The molecule has 0 spiro atoms. The first-order chi connectivity index (χ1) is 10.2. The number of amides is 1. The molecule has 1 aromatic heterocycles. The van der Waals surface area contributed by atoms with Crippen LogP contribution in [0.5, 0.6) is 0 Å². The topological polar surface area (TPSA) is 78.9 Å². The van der Waals surface area contributed by atoms with Gasteiger partial charge in [0.15, 0.2) is 0 Å². The normalized spacial score (nSPS) is 17.4. The smallest absolute Gasteiger partial charge is 0.326 e. The molecular formula is C15H21ClN4O2. The summed E-state index contributed by atoms with van der Waals surface area (Å²) in [7, 11) is 0. The summed E-state index contributed by atoms with van der Waals surface area (Å²) in [6, 6.07) is 7.39. The molecule has 0 aliphatic carbocycles. The van der Waals surface area contributed by atoms with Crippen LogP contribution in [0.15, 0.2) is 29.1 Å². The molecule has 22 heavy (non-hydrogen) atoms. The molecule has 6 nitrogen and oxygen atoms in total. The number of H-pyrrole nitrogens is 1. The Morgan fingerprint density at radius 2 is 2.18 bits per heavy atom. The van der Waals surface area contributed by atoms with Crippen molar-refractivity contribution in [2.45, 2.75) is 19.4 Å². The highest BCUT2D eigenvalue weighted by Gasteiger charge is 2.15. The first-order valence-electron chi connectivity index (χ1n) is 7.39. The molecule has 1 atom stereocenters. The Morgan fingerprint density at radius 3 is 2.95 bits per heavy atom. The molecular weight excluding hydrogens is 304 g/mol. The van der Waals surface area contributed by atoms with Gasteiger partial charge in [-0.3, -0.25) is 9.36 Å². The van der Waals surface area contributed by atoms with Gasteiger partial charge in [-0.1, -0.05) is 12.1 Å². The van der Waals surface area contributed by atoms with Crippen molar-refractivity contribution < 1.29 is 4.79 Å². The molecule has 0 bridgehead atoms. The molecule has 1 unspecified atom stereocenters. The molecule has 1 aliphatic rings. The molecule has 0 radical (unpaired) electrons. The number of aromatic amines is 1. The van der Waals surface area contributed by atoms with Crippen molar-refractivity contribution in [3.63, 3.8) is 0 Å². The van der Waals surface area contributed by atoms with Crippen LogP contribution in [0, 0.1) is 5.92 Å². The summed E-state index contributed by atoms with van der Waals surface area (Å²) in [5.41, 5.74) is 1.27. The second-order valence-corrected chi connectivity index (χ2v) is 5.53. The molecule has 2 heterocycles. The summed E-state index contributed by atoms with van der Waals surface area (Å²) in [5.74, 6) is 0.536. The van der Waals surface area contributed by atoms with E-state index in [2.05, 4.69) is 15.6 Å². The Kier molecular flexibility index (Phi) is 5.63. The lowest BCUT2D eigenvalue weighted by Crippen LogP contribution is -2.32. The summed E-state index contributed by atoms with van der Waals surface area (Å²) < 4.78 is 1.47. The standard InChI is InChI=1S/C15H20N4O2.ClH/c20-14(17-8-6-11-5-7-16-9-11)10-19-13-4-2-1-3-12(13)18-15(19)21;/h1-4,11,16H,5-10H2,(H,17,20)(H,18,21);1H. The summed E-state index contributed by atoms with van der Waals surface area (Å²) >= 11 is 0. The quantitative estimate of drug-likeness (QED) is 0.763. The van der Waals surface area contributed by atoms with Crippen LogP contribution in [0.25, 0.3) is 11.0 Å². The number of hydrogen-bond acceptors (Lipinski definition) is 3. The van der Waals surface area contributed by atoms with E-state index in [1.807, 2.05) is 24.3 Å². The lowest BCUT2D eigenvalue weighted by molar-refractivity contribution is -0.121. The second-order valence-electron chi connectivity index (χ2n) is 5.53. The highest BCUT2D eigenvalue weighted by Crippen LogP contribution is 2.11. The average molecular weight is 325 g/mol. The fraction of sp³-hybridized carbons (Fsp3) is 0.467. The number of carbonyl (C=O) groups excluding carboxylic acids is 1. The van der Waals surface area contributed by atoms with Crippen LogP contribution in [0.1, 0.15) is 12.8 Å². The van der Waals surface area contributed by atoms with E-state index < -0.39 is 0 Å². The molecule has 0 saturated carbocycles. The van der Waals surface area contributed by atoms with Gasteiger partial charge in [-0.05, 0) is 44.0 Å². The second kappa shape index (κ2) is 7.47. The highest BCUT2D eigenvalue weighted by molar-refractivity contribution is 5.85. The number of halogens is 1. The van der Waals surface area contributed by atoms with Crippen LogP contribution in [-0.2, 0) is 11.3 Å². The number of aromatic nitrogens is 2. The first kappa shape index (κ1) is 16.6. The maximum Gasteiger partial charge on any atom is 0.326 e. The minimum Gasteiger partial charge on any atom is -0.355 e. The molecule has 7 heteroatoms. The lowest BCUT2D eigenvalue weighted by Gasteiger charge is -2.09. The maximum absolute atomic E-state index is 12.0. The van der Waals surface area contributed by atoms with Gasteiger partial charge in [0.25, 0.3) is 0 Å². The van der Waals surface area contributed by atoms with E-state index in [0.717, 1.165) is 30.5 Å². The molecule has 1 aliphatic heterocycles. The van der Waals surface area contributed by atoms with Crippen molar-refractivity contribution in [1.82, 2.24) is 20.2 Å². The molecule has 1 saturated heterocycles. The number of nitrogens with one attached hydrogen (secondary N) is 3. The zero-order valence-electron chi connectivity index (χ0n) is 12.3. The fourth-order valence-electron chi connectivity index (χ4n) is 2.84. The minimum atomic E-state index is -0.244. The van der Waals surface area contributed by atoms with Gasteiger partial charge >= 0.3 is 5.69 Å². The Balaban J connectivity index is 0.00000176. The lowest BCUT2D eigenvalue weighted by atomic mass is 10.1. The molecule has 1 amide bonds. The van der Waals surface area contributed by atoms with E-state index in [4.69, 9.17) is 0 Å². The Morgan fingerprint density at radius 1 is 1.36 bits per heavy atom. The molecule has 2 aromatic rings. The summed E-state index contributed by atoms with van der Waals surface area (Å²) in [6.45, 7) is 2.84. The zero-order valence-corrected chi connectivity index (χ0v) is 13.1. The summed E-state index contributed by atoms with van der Waals surface area (Å²) in [6.07, 6.45) is 2.17. The van der Waals surface area contributed by atoms with E-state index in [0.29, 0.717) is 12.5 Å². The number of hydrogen-bond donors (Lipinski definition) is 3. The van der Waals surface area contributed by atoms with Crippen LogP contribution in [0.3, 0.4) is 0 Å². The molecule has 3 rings (SSSR count). The number of carbonyl (C=O) groups is 1. The molecule has 3 N–H and O–H groups in total.